The molecule has 11 aromatic rings. The minimum Gasteiger partial charge on any atom is -0.457 e. The van der Waals surface area contributed by atoms with Gasteiger partial charge in [0.05, 0.1) is 32.2 Å². The molecule has 3 heterocycles. The molecule has 5 nitrogen and oxygen atoms in total. The first kappa shape index (κ1) is 45.7. The molecule has 5 heteroatoms. The average molecular weight is 1010 g/mol. The molecule has 0 aliphatic carbocycles. The van der Waals surface area contributed by atoms with E-state index >= 15 is 0 Å². The molecule has 1 aliphatic rings. The van der Waals surface area contributed by atoms with Gasteiger partial charge in [-0.3, -0.25) is 4.57 Å². The van der Waals surface area contributed by atoms with E-state index in [1.165, 1.54) is 16.7 Å². The largest absolute Gasteiger partial charge is 0.457 e. The van der Waals surface area contributed by atoms with Crippen LogP contribution in [0.2, 0.25) is 0 Å². The average Bonchev–Trinajstić information content (AvgIpc) is 4.18. The molecule has 1 aliphatic heterocycles. The van der Waals surface area contributed by atoms with Gasteiger partial charge in [-0.25, -0.2) is 4.98 Å². The van der Waals surface area contributed by atoms with Crippen molar-refractivity contribution in [3.05, 3.63) is 241 Å². The number of ether oxygens (including phenoxy) is 1. The van der Waals surface area contributed by atoms with E-state index in [9.17, 15) is 4.11 Å². The summed E-state index contributed by atoms with van der Waals surface area (Å²) in [5, 5.41) is 2.15. The number of anilines is 4. The maximum Gasteiger partial charge on any atom is 0.137 e. The number of rotatable bonds is 9. The van der Waals surface area contributed by atoms with Crippen LogP contribution in [0.15, 0.2) is 225 Å². The van der Waals surface area contributed by atoms with Gasteiger partial charge < -0.3 is 14.5 Å². The van der Waals surface area contributed by atoms with Crippen LogP contribution in [0, 0.1) is 0 Å². The normalized spacial score (nSPS) is 13.4. The standard InChI is InChI=1S/C72H66N4O/c1-70(2,3)53-35-33-50(34-36-53)58-29-20-30-59(52-26-18-25-51(41-52)48-21-12-10-13-22-48)69(58)75-47-74(65-31-16-17-32-66(65)75)55-27-19-28-56(43-55)77-57-38-39-60-61-42-54(71(4,5)6)37-40-64(61)76(67(60)44-57)68-45-63(72(7,8)9)62(46-73-68)49-23-14-11-15-24-49/h10-46H,47H2,1-9H3/i19D,27D,28D. The summed E-state index contributed by atoms with van der Waals surface area (Å²) >= 11 is 0. The minimum atomic E-state index is -0.214. The minimum absolute atomic E-state index is 0.00953. The molecule has 0 atom stereocenters. The second-order valence-electron chi connectivity index (χ2n) is 23.5. The van der Waals surface area contributed by atoms with Gasteiger partial charge in [-0.05, 0) is 121 Å². The molecular weight excluding hydrogens is 937 g/mol. The monoisotopic (exact) mass is 1010 g/mol. The summed E-state index contributed by atoms with van der Waals surface area (Å²) in [6.45, 7) is 20.5. The first-order chi connectivity index (χ1) is 38.3. The van der Waals surface area contributed by atoms with E-state index in [4.69, 9.17) is 9.72 Å². The molecule has 0 bridgehead atoms. The predicted molar refractivity (Wildman–Crippen MR) is 325 cm³/mol. The summed E-state index contributed by atoms with van der Waals surface area (Å²) in [6.07, 6.45) is 2.00. The van der Waals surface area contributed by atoms with E-state index in [-0.39, 0.29) is 40.1 Å². The van der Waals surface area contributed by atoms with Crippen LogP contribution in [0.25, 0.3) is 72.1 Å². The highest BCUT2D eigenvalue weighted by atomic mass is 16.5. The lowest BCUT2D eigenvalue weighted by atomic mass is 9.82. The van der Waals surface area contributed by atoms with Gasteiger partial charge in [-0.2, -0.15) is 0 Å². The quantitative estimate of drug-likeness (QED) is 0.144. The van der Waals surface area contributed by atoms with Gasteiger partial charge in [-0.1, -0.05) is 208 Å². The summed E-state index contributed by atoms with van der Waals surface area (Å²) in [4.78, 5) is 9.64. The maximum atomic E-state index is 9.57. The molecule has 0 fully saturated rings. The third-order valence-electron chi connectivity index (χ3n) is 15.2. The van der Waals surface area contributed by atoms with Crippen molar-refractivity contribution < 1.29 is 8.85 Å². The van der Waals surface area contributed by atoms with Crippen LogP contribution >= 0.6 is 0 Å². The summed E-state index contributed by atoms with van der Waals surface area (Å²) in [7, 11) is 0. The van der Waals surface area contributed by atoms with Crippen molar-refractivity contribution in [1.29, 1.82) is 0 Å². The lowest BCUT2D eigenvalue weighted by Crippen LogP contribution is -2.25. The van der Waals surface area contributed by atoms with Gasteiger partial charge in [0.2, 0.25) is 0 Å². The van der Waals surface area contributed by atoms with Crippen molar-refractivity contribution in [2.45, 2.75) is 78.6 Å². The topological polar surface area (TPSA) is 33.5 Å². The molecule has 380 valence electrons. The molecule has 0 N–H and O–H groups in total. The van der Waals surface area contributed by atoms with Gasteiger partial charge in [0.1, 0.15) is 24.0 Å². The second-order valence-corrected chi connectivity index (χ2v) is 23.5. The van der Waals surface area contributed by atoms with Crippen LogP contribution in [0.4, 0.5) is 22.7 Å². The Labute approximate surface area is 458 Å². The Morgan fingerprint density at radius 1 is 0.442 bits per heavy atom. The maximum absolute atomic E-state index is 9.57. The van der Waals surface area contributed by atoms with Crippen LogP contribution in [-0.4, -0.2) is 16.2 Å². The highest BCUT2D eigenvalue weighted by Gasteiger charge is 2.32. The van der Waals surface area contributed by atoms with Gasteiger partial charge in [0.25, 0.3) is 0 Å². The van der Waals surface area contributed by atoms with Crippen LogP contribution in [-0.2, 0) is 16.2 Å². The van der Waals surface area contributed by atoms with Crippen molar-refractivity contribution >= 4 is 44.6 Å². The first-order valence-electron chi connectivity index (χ1n) is 28.3. The highest BCUT2D eigenvalue weighted by Crippen LogP contribution is 2.51. The first-order valence-corrected chi connectivity index (χ1v) is 26.8. The fourth-order valence-electron chi connectivity index (χ4n) is 11.1. The van der Waals surface area contributed by atoms with Crippen molar-refractivity contribution in [2.24, 2.45) is 0 Å². The Morgan fingerprint density at radius 3 is 1.75 bits per heavy atom. The van der Waals surface area contributed by atoms with E-state index in [1.54, 1.807) is 6.07 Å². The van der Waals surface area contributed by atoms with E-state index in [2.05, 4.69) is 240 Å². The number of benzene rings is 9. The Bertz CT molecular complexity index is 4170. The van der Waals surface area contributed by atoms with Crippen LogP contribution in [0.5, 0.6) is 11.5 Å². The molecule has 0 amide bonds. The van der Waals surface area contributed by atoms with Crippen molar-refractivity contribution in [1.82, 2.24) is 9.55 Å². The second kappa shape index (κ2) is 19.2. The molecule has 9 aromatic carbocycles. The van der Waals surface area contributed by atoms with Crippen molar-refractivity contribution in [3.8, 4) is 61.8 Å². The Morgan fingerprint density at radius 2 is 1.05 bits per heavy atom. The molecule has 2 aromatic heterocycles. The lowest BCUT2D eigenvalue weighted by Gasteiger charge is -2.28. The van der Waals surface area contributed by atoms with E-state index in [1.807, 2.05) is 36.5 Å². The Balaban J connectivity index is 0.978. The Hall–Kier alpha value is -8.67. The summed E-state index contributed by atoms with van der Waals surface area (Å²) < 4.78 is 37.4. The van der Waals surface area contributed by atoms with E-state index < -0.39 is 0 Å². The predicted octanol–water partition coefficient (Wildman–Crippen LogP) is 19.8. The number of nitrogens with zero attached hydrogens (tertiary/aromatic N) is 4. The fraction of sp³-hybridized carbons (Fsp3) is 0.181. The van der Waals surface area contributed by atoms with Gasteiger partial charge in [0, 0.05) is 51.5 Å². The molecule has 77 heavy (non-hydrogen) atoms. The highest BCUT2D eigenvalue weighted by molar-refractivity contribution is 6.10. The molecule has 0 radical (unpaired) electrons. The molecule has 0 saturated heterocycles. The molecule has 0 spiro atoms. The van der Waals surface area contributed by atoms with Gasteiger partial charge in [0.15, 0.2) is 0 Å². The zero-order valence-corrected chi connectivity index (χ0v) is 45.5. The fourth-order valence-corrected chi connectivity index (χ4v) is 11.1. The number of hydrogen-bond donors (Lipinski definition) is 0. The lowest BCUT2D eigenvalue weighted by molar-refractivity contribution is 0.483. The van der Waals surface area contributed by atoms with Crippen LogP contribution < -0.4 is 14.5 Å². The SMILES string of the molecule is [2H]c1c(Oc2ccc3c4cc(C(C)(C)C)ccc4n(-c4cc(C(C)(C)C)c(-c5ccccc5)cn4)c3c2)cc(N2CN(c3c(-c4ccc(C(C)(C)C)cc4)cccc3-c3cccc(-c4ccccc4)c3)c3ccccc32)c([2H])c1[2H]. The van der Waals surface area contributed by atoms with Gasteiger partial charge >= 0.3 is 0 Å². The Kier molecular flexibility index (Phi) is 11.4. The zero-order valence-electron chi connectivity index (χ0n) is 48.5. The van der Waals surface area contributed by atoms with Crippen LogP contribution in [0.3, 0.4) is 0 Å². The number of para-hydroxylation sites is 3. The summed E-state index contributed by atoms with van der Waals surface area (Å²) in [5.41, 5.74) is 17.4. The third kappa shape index (κ3) is 9.35. The number of fused-ring (bicyclic) bond motifs is 4. The van der Waals surface area contributed by atoms with Crippen LogP contribution in [0.1, 0.15) is 83.1 Å². The molecule has 0 unspecified atom stereocenters. The molecule has 12 rings (SSSR count). The summed E-state index contributed by atoms with van der Waals surface area (Å²) in [6, 6.07) is 69.8. The summed E-state index contributed by atoms with van der Waals surface area (Å²) in [5.74, 6) is 1.48. The van der Waals surface area contributed by atoms with E-state index in [0.29, 0.717) is 18.1 Å². The number of pyridine rings is 1. The number of hydrogen-bond acceptors (Lipinski definition) is 4. The van der Waals surface area contributed by atoms with Crippen molar-refractivity contribution in [3.63, 3.8) is 0 Å². The van der Waals surface area contributed by atoms with E-state index in [0.717, 1.165) is 89.2 Å². The van der Waals surface area contributed by atoms with Gasteiger partial charge in [-0.15, -0.1) is 0 Å². The zero-order chi connectivity index (χ0) is 55.8. The molecule has 0 saturated carbocycles. The van der Waals surface area contributed by atoms with Crippen molar-refractivity contribution in [2.75, 3.05) is 16.5 Å². The smallest absolute Gasteiger partial charge is 0.137 e. The molecular formula is C72H66N4O. The number of aromatic nitrogens is 2. The third-order valence-corrected chi connectivity index (χ3v) is 15.2.